The van der Waals surface area contributed by atoms with Crippen molar-refractivity contribution in [3.8, 4) is 0 Å². The second kappa shape index (κ2) is 8.05. The summed E-state index contributed by atoms with van der Waals surface area (Å²) in [5.41, 5.74) is 1.84. The molecular formula is C22H28N2O3S. The molecule has 2 aromatic rings. The van der Waals surface area contributed by atoms with Crippen LogP contribution in [-0.2, 0) is 20.2 Å². The van der Waals surface area contributed by atoms with Crippen molar-refractivity contribution in [1.29, 1.82) is 0 Å². The van der Waals surface area contributed by atoms with Gasteiger partial charge in [0.25, 0.3) is 0 Å². The topological polar surface area (TPSA) is 66.5 Å². The highest BCUT2D eigenvalue weighted by Gasteiger charge is 2.32. The minimum absolute atomic E-state index is 0.0211. The molecule has 0 unspecified atom stereocenters. The molecule has 150 valence electrons. The monoisotopic (exact) mass is 400 g/mol. The first kappa shape index (κ1) is 20.6. The zero-order chi connectivity index (χ0) is 20.4. The number of sulfonamides is 1. The van der Waals surface area contributed by atoms with Crippen LogP contribution in [0, 0.1) is 5.92 Å². The number of carbonyl (C=O) groups excluding carboxylic acids is 1. The maximum atomic E-state index is 12.9. The number of nitrogens with zero attached hydrogens (tertiary/aromatic N) is 1. The summed E-state index contributed by atoms with van der Waals surface area (Å²) in [7, 11) is -3.53. The van der Waals surface area contributed by atoms with E-state index in [2.05, 4.69) is 26.1 Å². The van der Waals surface area contributed by atoms with E-state index in [1.165, 1.54) is 4.31 Å². The van der Waals surface area contributed by atoms with Crippen LogP contribution in [0.25, 0.3) is 0 Å². The van der Waals surface area contributed by atoms with Crippen molar-refractivity contribution in [3.05, 3.63) is 60.2 Å². The second-order valence-electron chi connectivity index (χ2n) is 8.31. The number of benzene rings is 2. The van der Waals surface area contributed by atoms with Gasteiger partial charge in [-0.1, -0.05) is 51.1 Å². The SMILES string of the molecule is CC(C)(C)c1ccc(S(=O)(=O)N2CCC(C(=O)Nc3ccccc3)CC2)cc1. The molecular weight excluding hydrogens is 372 g/mol. The van der Waals surface area contributed by atoms with Crippen molar-refractivity contribution < 1.29 is 13.2 Å². The zero-order valence-corrected chi connectivity index (χ0v) is 17.5. The predicted octanol–water partition coefficient (Wildman–Crippen LogP) is 4.02. The van der Waals surface area contributed by atoms with E-state index >= 15 is 0 Å². The van der Waals surface area contributed by atoms with Crippen LogP contribution >= 0.6 is 0 Å². The van der Waals surface area contributed by atoms with Gasteiger partial charge in [0, 0.05) is 24.7 Å². The lowest BCUT2D eigenvalue weighted by molar-refractivity contribution is -0.120. The molecule has 1 aliphatic heterocycles. The van der Waals surface area contributed by atoms with Gasteiger partial charge in [0.15, 0.2) is 0 Å². The van der Waals surface area contributed by atoms with Gasteiger partial charge >= 0.3 is 0 Å². The quantitative estimate of drug-likeness (QED) is 0.843. The van der Waals surface area contributed by atoms with Gasteiger partial charge in [-0.25, -0.2) is 8.42 Å². The molecule has 0 spiro atoms. The minimum atomic E-state index is -3.53. The maximum absolute atomic E-state index is 12.9. The Kier molecular flexibility index (Phi) is 5.91. The molecule has 0 saturated carbocycles. The Hall–Kier alpha value is -2.18. The molecule has 1 aliphatic rings. The zero-order valence-electron chi connectivity index (χ0n) is 16.7. The van der Waals surface area contributed by atoms with Crippen LogP contribution in [0.4, 0.5) is 5.69 Å². The summed E-state index contributed by atoms with van der Waals surface area (Å²) in [4.78, 5) is 12.8. The summed E-state index contributed by atoms with van der Waals surface area (Å²) >= 11 is 0. The van der Waals surface area contributed by atoms with Crippen LogP contribution in [0.5, 0.6) is 0 Å². The third kappa shape index (κ3) is 4.62. The summed E-state index contributed by atoms with van der Waals surface area (Å²) < 4.78 is 27.4. The van der Waals surface area contributed by atoms with E-state index in [0.29, 0.717) is 30.8 Å². The summed E-state index contributed by atoms with van der Waals surface area (Å²) in [5.74, 6) is -0.215. The number of amides is 1. The molecule has 0 bridgehead atoms. The minimum Gasteiger partial charge on any atom is -0.326 e. The van der Waals surface area contributed by atoms with E-state index in [0.717, 1.165) is 11.3 Å². The van der Waals surface area contributed by atoms with Gasteiger partial charge in [-0.05, 0) is 48.1 Å². The van der Waals surface area contributed by atoms with E-state index in [-0.39, 0.29) is 17.2 Å². The molecule has 5 nitrogen and oxygen atoms in total. The third-order valence-corrected chi connectivity index (χ3v) is 7.14. The van der Waals surface area contributed by atoms with Crippen molar-refractivity contribution in [2.75, 3.05) is 18.4 Å². The summed E-state index contributed by atoms with van der Waals surface area (Å²) in [5, 5.41) is 2.91. The number of anilines is 1. The molecule has 6 heteroatoms. The van der Waals surface area contributed by atoms with E-state index in [1.807, 2.05) is 42.5 Å². The molecule has 2 aromatic carbocycles. The number of piperidine rings is 1. The second-order valence-corrected chi connectivity index (χ2v) is 10.2. The van der Waals surface area contributed by atoms with Crippen molar-refractivity contribution in [1.82, 2.24) is 4.31 Å². The Morgan fingerprint density at radius 2 is 1.54 bits per heavy atom. The Balaban J connectivity index is 1.62. The first-order valence-electron chi connectivity index (χ1n) is 9.64. The summed E-state index contributed by atoms with van der Waals surface area (Å²) in [6, 6.07) is 16.5. The Morgan fingerprint density at radius 3 is 2.07 bits per heavy atom. The largest absolute Gasteiger partial charge is 0.326 e. The number of rotatable bonds is 4. The lowest BCUT2D eigenvalue weighted by Crippen LogP contribution is -2.41. The third-order valence-electron chi connectivity index (χ3n) is 5.22. The highest BCUT2D eigenvalue weighted by Crippen LogP contribution is 2.27. The van der Waals surface area contributed by atoms with Gasteiger partial charge in [0.05, 0.1) is 4.90 Å². The van der Waals surface area contributed by atoms with Crippen molar-refractivity contribution in [3.63, 3.8) is 0 Å². The van der Waals surface area contributed by atoms with Gasteiger partial charge in [-0.2, -0.15) is 4.31 Å². The molecule has 3 rings (SSSR count). The lowest BCUT2D eigenvalue weighted by Gasteiger charge is -2.30. The standard InChI is InChI=1S/C22H28N2O3S/c1-22(2,3)18-9-11-20(12-10-18)28(26,27)24-15-13-17(14-16-24)21(25)23-19-7-5-4-6-8-19/h4-12,17H,13-16H2,1-3H3,(H,23,25). The molecule has 0 aromatic heterocycles. The molecule has 1 saturated heterocycles. The van der Waals surface area contributed by atoms with Gasteiger partial charge in [-0.15, -0.1) is 0 Å². The fourth-order valence-corrected chi connectivity index (χ4v) is 4.87. The average molecular weight is 401 g/mol. The first-order chi connectivity index (χ1) is 13.2. The number of para-hydroxylation sites is 1. The van der Waals surface area contributed by atoms with Gasteiger partial charge in [-0.3, -0.25) is 4.79 Å². The summed E-state index contributed by atoms with van der Waals surface area (Å²) in [6.45, 7) is 7.01. The van der Waals surface area contributed by atoms with Crippen molar-refractivity contribution >= 4 is 21.6 Å². The van der Waals surface area contributed by atoms with Gasteiger partial charge in [0.2, 0.25) is 15.9 Å². The summed E-state index contributed by atoms with van der Waals surface area (Å²) in [6.07, 6.45) is 1.05. The van der Waals surface area contributed by atoms with Crippen LogP contribution in [0.15, 0.2) is 59.5 Å². The van der Waals surface area contributed by atoms with Gasteiger partial charge in [0.1, 0.15) is 0 Å². The Labute approximate surface area is 167 Å². The van der Waals surface area contributed by atoms with Crippen LogP contribution in [-0.4, -0.2) is 31.7 Å². The van der Waals surface area contributed by atoms with E-state index in [4.69, 9.17) is 0 Å². The highest BCUT2D eigenvalue weighted by molar-refractivity contribution is 7.89. The lowest BCUT2D eigenvalue weighted by atomic mass is 9.87. The van der Waals surface area contributed by atoms with E-state index < -0.39 is 10.0 Å². The molecule has 1 N–H and O–H groups in total. The Bertz CT molecular complexity index is 909. The number of hydrogen-bond acceptors (Lipinski definition) is 3. The fraction of sp³-hybridized carbons (Fsp3) is 0.409. The van der Waals surface area contributed by atoms with Crippen LogP contribution in [0.2, 0.25) is 0 Å². The van der Waals surface area contributed by atoms with Crippen molar-refractivity contribution in [2.24, 2.45) is 5.92 Å². The molecule has 0 atom stereocenters. The molecule has 1 amide bonds. The number of nitrogens with one attached hydrogen (secondary N) is 1. The fourth-order valence-electron chi connectivity index (χ4n) is 3.40. The van der Waals surface area contributed by atoms with E-state index in [1.54, 1.807) is 12.1 Å². The predicted molar refractivity (Wildman–Crippen MR) is 112 cm³/mol. The normalized spacial score (nSPS) is 16.7. The van der Waals surface area contributed by atoms with E-state index in [9.17, 15) is 13.2 Å². The molecule has 1 fully saturated rings. The average Bonchev–Trinajstić information content (AvgIpc) is 2.68. The van der Waals surface area contributed by atoms with Crippen LogP contribution in [0.3, 0.4) is 0 Å². The van der Waals surface area contributed by atoms with Crippen LogP contribution in [0.1, 0.15) is 39.2 Å². The number of carbonyl (C=O) groups is 1. The molecule has 0 radical (unpaired) electrons. The molecule has 1 heterocycles. The highest BCUT2D eigenvalue weighted by atomic mass is 32.2. The maximum Gasteiger partial charge on any atom is 0.243 e. The van der Waals surface area contributed by atoms with Gasteiger partial charge < -0.3 is 5.32 Å². The van der Waals surface area contributed by atoms with Crippen LogP contribution < -0.4 is 5.32 Å². The molecule has 0 aliphatic carbocycles. The smallest absolute Gasteiger partial charge is 0.243 e. The number of hydrogen-bond donors (Lipinski definition) is 1. The van der Waals surface area contributed by atoms with Crippen molar-refractivity contribution in [2.45, 2.75) is 43.9 Å². The molecule has 28 heavy (non-hydrogen) atoms. The first-order valence-corrected chi connectivity index (χ1v) is 11.1. The Morgan fingerprint density at radius 1 is 0.964 bits per heavy atom.